The van der Waals surface area contributed by atoms with Crippen LogP contribution in [0.4, 0.5) is 4.79 Å². The van der Waals surface area contributed by atoms with Gasteiger partial charge < -0.3 is 16.6 Å². The van der Waals surface area contributed by atoms with Gasteiger partial charge in [0.15, 0.2) is 0 Å². The molecule has 4 nitrogen and oxygen atoms in total. The molecule has 1 amide bonds. The lowest BCUT2D eigenvalue weighted by molar-refractivity contribution is 0.132. The van der Waals surface area contributed by atoms with Gasteiger partial charge in [0.1, 0.15) is 0 Å². The predicted octanol–water partition coefficient (Wildman–Crippen LogP) is 2.46. The molecule has 0 aromatic heterocycles. The molecule has 0 aliphatic carbocycles. The molecule has 0 bridgehead atoms. The highest BCUT2D eigenvalue weighted by atomic mass is 16.5. The zero-order valence-electron chi connectivity index (χ0n) is 8.71. The van der Waals surface area contributed by atoms with Crippen molar-refractivity contribution in [1.82, 2.24) is 6.15 Å². The van der Waals surface area contributed by atoms with Gasteiger partial charge in [0.25, 0.3) is 0 Å². The molecule has 0 saturated heterocycles. The number of unbranched alkanes of at least 4 members (excludes halogenated alkanes) is 1. The Labute approximate surface area is 80.4 Å². The minimum Gasteiger partial charge on any atom is -0.449 e. The van der Waals surface area contributed by atoms with Crippen LogP contribution in [0.2, 0.25) is 0 Å². The van der Waals surface area contributed by atoms with Crippen molar-refractivity contribution in [2.45, 2.75) is 39.5 Å². The molecule has 0 fully saturated rings. The van der Waals surface area contributed by atoms with Crippen LogP contribution in [-0.4, -0.2) is 12.7 Å². The highest BCUT2D eigenvalue weighted by molar-refractivity contribution is 5.64. The van der Waals surface area contributed by atoms with Crippen LogP contribution >= 0.6 is 0 Å². The maximum Gasteiger partial charge on any atom is 0.404 e. The Kier molecular flexibility index (Phi) is 10.6. The molecule has 0 aliphatic heterocycles. The summed E-state index contributed by atoms with van der Waals surface area (Å²) in [6.45, 7) is 4.73. The maximum atomic E-state index is 10.3. The molecule has 1 atom stereocenters. The van der Waals surface area contributed by atoms with Crippen molar-refractivity contribution in [3.63, 3.8) is 0 Å². The van der Waals surface area contributed by atoms with Gasteiger partial charge in [0.2, 0.25) is 0 Å². The van der Waals surface area contributed by atoms with E-state index in [9.17, 15) is 4.79 Å². The van der Waals surface area contributed by atoms with Gasteiger partial charge in [-0.05, 0) is 12.3 Å². The third-order valence-electron chi connectivity index (χ3n) is 2.00. The number of rotatable bonds is 6. The normalized spacial score (nSPS) is 11.5. The number of hydrogen-bond donors (Lipinski definition) is 2. The first-order valence-corrected chi connectivity index (χ1v) is 4.62. The van der Waals surface area contributed by atoms with Crippen LogP contribution in [0, 0.1) is 5.92 Å². The fraction of sp³-hybridized carbons (Fsp3) is 0.889. The van der Waals surface area contributed by atoms with Gasteiger partial charge in [0.05, 0.1) is 6.61 Å². The summed E-state index contributed by atoms with van der Waals surface area (Å²) in [5.74, 6) is 0.484. The summed E-state index contributed by atoms with van der Waals surface area (Å²) in [5, 5.41) is 0. The van der Waals surface area contributed by atoms with E-state index in [4.69, 9.17) is 10.5 Å². The average Bonchev–Trinajstić information content (AvgIpc) is 2.05. The molecule has 4 heteroatoms. The molecular weight excluding hydrogens is 168 g/mol. The zero-order valence-corrected chi connectivity index (χ0v) is 8.71. The quantitative estimate of drug-likeness (QED) is 0.674. The van der Waals surface area contributed by atoms with Crippen LogP contribution < -0.4 is 11.9 Å². The van der Waals surface area contributed by atoms with E-state index >= 15 is 0 Å². The summed E-state index contributed by atoms with van der Waals surface area (Å²) in [4.78, 5) is 10.3. The monoisotopic (exact) mass is 190 g/mol. The Morgan fingerprint density at radius 2 is 2.08 bits per heavy atom. The van der Waals surface area contributed by atoms with Crippen LogP contribution in [0.15, 0.2) is 0 Å². The summed E-state index contributed by atoms with van der Waals surface area (Å²) < 4.78 is 4.73. The van der Waals surface area contributed by atoms with Crippen LogP contribution in [0.3, 0.4) is 0 Å². The first-order valence-electron chi connectivity index (χ1n) is 4.62. The number of amides is 1. The van der Waals surface area contributed by atoms with E-state index in [0.29, 0.717) is 12.5 Å². The Morgan fingerprint density at radius 1 is 1.46 bits per heavy atom. The van der Waals surface area contributed by atoms with Crippen LogP contribution in [-0.2, 0) is 4.74 Å². The molecule has 0 heterocycles. The number of nitrogens with two attached hydrogens (primary N) is 1. The standard InChI is InChI=1S/C9H19NO2.H3N/c1-3-5-6-8(4-2)7-12-9(10)11;/h8H,3-7H2,1-2H3,(H2,10,11);1H3. The van der Waals surface area contributed by atoms with Gasteiger partial charge in [-0.3, -0.25) is 0 Å². The molecule has 0 aliphatic rings. The lowest BCUT2D eigenvalue weighted by Crippen LogP contribution is -2.18. The SMILES string of the molecule is CCCCC(CC)COC(N)=O.N. The lowest BCUT2D eigenvalue weighted by atomic mass is 10.0. The van der Waals surface area contributed by atoms with Gasteiger partial charge in [-0.15, -0.1) is 0 Å². The number of primary amides is 1. The number of carbonyl (C=O) groups excluding carboxylic acids is 1. The van der Waals surface area contributed by atoms with Gasteiger partial charge in [-0.2, -0.15) is 0 Å². The Hall–Kier alpha value is -0.770. The molecule has 80 valence electrons. The van der Waals surface area contributed by atoms with E-state index in [1.54, 1.807) is 0 Å². The Morgan fingerprint density at radius 3 is 2.46 bits per heavy atom. The molecule has 0 aromatic carbocycles. The molecule has 0 rings (SSSR count). The molecule has 0 radical (unpaired) electrons. The van der Waals surface area contributed by atoms with Crippen molar-refractivity contribution in [1.29, 1.82) is 0 Å². The van der Waals surface area contributed by atoms with Crippen molar-refractivity contribution < 1.29 is 9.53 Å². The second-order valence-corrected chi connectivity index (χ2v) is 3.05. The van der Waals surface area contributed by atoms with Gasteiger partial charge in [-0.1, -0.05) is 33.1 Å². The van der Waals surface area contributed by atoms with E-state index < -0.39 is 6.09 Å². The van der Waals surface area contributed by atoms with Crippen molar-refractivity contribution in [3.8, 4) is 0 Å². The van der Waals surface area contributed by atoms with Gasteiger partial charge in [-0.25, -0.2) is 4.79 Å². The van der Waals surface area contributed by atoms with E-state index in [0.717, 1.165) is 12.8 Å². The summed E-state index contributed by atoms with van der Waals surface area (Å²) >= 11 is 0. The lowest BCUT2D eigenvalue weighted by Gasteiger charge is -2.12. The van der Waals surface area contributed by atoms with Crippen molar-refractivity contribution >= 4 is 6.09 Å². The summed E-state index contributed by atoms with van der Waals surface area (Å²) in [7, 11) is 0. The summed E-state index contributed by atoms with van der Waals surface area (Å²) in [6.07, 6.45) is 3.89. The molecule has 0 spiro atoms. The third kappa shape index (κ3) is 9.14. The second kappa shape index (κ2) is 9.32. The van der Waals surface area contributed by atoms with Crippen molar-refractivity contribution in [3.05, 3.63) is 0 Å². The molecule has 1 unspecified atom stereocenters. The van der Waals surface area contributed by atoms with E-state index in [-0.39, 0.29) is 6.15 Å². The zero-order chi connectivity index (χ0) is 9.40. The van der Waals surface area contributed by atoms with E-state index in [1.807, 2.05) is 0 Å². The van der Waals surface area contributed by atoms with Gasteiger partial charge >= 0.3 is 6.09 Å². The van der Waals surface area contributed by atoms with Crippen LogP contribution in [0.1, 0.15) is 39.5 Å². The van der Waals surface area contributed by atoms with E-state index in [1.165, 1.54) is 12.8 Å². The van der Waals surface area contributed by atoms with Crippen molar-refractivity contribution in [2.75, 3.05) is 6.61 Å². The van der Waals surface area contributed by atoms with Gasteiger partial charge in [0, 0.05) is 0 Å². The number of hydrogen-bond acceptors (Lipinski definition) is 3. The molecule has 5 N–H and O–H groups in total. The molecule has 13 heavy (non-hydrogen) atoms. The predicted molar refractivity (Wildman–Crippen MR) is 53.9 cm³/mol. The maximum absolute atomic E-state index is 10.3. The van der Waals surface area contributed by atoms with E-state index in [2.05, 4.69) is 13.8 Å². The third-order valence-corrected chi connectivity index (χ3v) is 2.00. The molecule has 0 aromatic rings. The fourth-order valence-electron chi connectivity index (χ4n) is 1.10. The highest BCUT2D eigenvalue weighted by Gasteiger charge is 2.07. The molecule has 0 saturated carbocycles. The largest absolute Gasteiger partial charge is 0.449 e. The average molecular weight is 190 g/mol. The first-order chi connectivity index (χ1) is 5.70. The topological polar surface area (TPSA) is 87.3 Å². The minimum absolute atomic E-state index is 0. The Balaban J connectivity index is 0. The van der Waals surface area contributed by atoms with Crippen molar-refractivity contribution in [2.24, 2.45) is 11.7 Å². The minimum atomic E-state index is -0.662. The Bertz CT molecular complexity index is 129. The number of ether oxygens (including phenoxy) is 1. The van der Waals surface area contributed by atoms with Crippen LogP contribution in [0.25, 0.3) is 0 Å². The smallest absolute Gasteiger partial charge is 0.404 e. The molecular formula is C9H22N2O2. The summed E-state index contributed by atoms with van der Waals surface area (Å²) in [6, 6.07) is 0. The summed E-state index contributed by atoms with van der Waals surface area (Å²) in [5.41, 5.74) is 4.86. The van der Waals surface area contributed by atoms with Crippen LogP contribution in [0.5, 0.6) is 0 Å². The number of carbonyl (C=O) groups is 1. The second-order valence-electron chi connectivity index (χ2n) is 3.05. The fourth-order valence-corrected chi connectivity index (χ4v) is 1.10. The first kappa shape index (κ1) is 14.7. The highest BCUT2D eigenvalue weighted by Crippen LogP contribution is 2.12.